The number of nitrogens with one attached hydrogen (secondary N) is 1. The van der Waals surface area contributed by atoms with Crippen LogP contribution in [0.15, 0.2) is 48.5 Å². The van der Waals surface area contributed by atoms with E-state index >= 15 is 0 Å². The zero-order chi connectivity index (χ0) is 14.5. The number of hydrogen-bond donors (Lipinski definition) is 3. The summed E-state index contributed by atoms with van der Waals surface area (Å²) in [7, 11) is 0. The number of halogens is 1. The molecule has 2 rings (SSSR count). The van der Waals surface area contributed by atoms with Gasteiger partial charge in [-0.05, 0) is 48.4 Å². The van der Waals surface area contributed by atoms with Crippen LogP contribution >= 0.6 is 11.6 Å². The van der Waals surface area contributed by atoms with Gasteiger partial charge in [0.15, 0.2) is 0 Å². The molecule has 104 valence electrons. The van der Waals surface area contributed by atoms with Crippen molar-refractivity contribution in [1.82, 2.24) is 0 Å². The summed E-state index contributed by atoms with van der Waals surface area (Å²) >= 11 is 5.77. The van der Waals surface area contributed by atoms with Gasteiger partial charge in [-0.15, -0.1) is 0 Å². The molecule has 0 fully saturated rings. The molecule has 0 radical (unpaired) electrons. The molecule has 0 unspecified atom stereocenters. The van der Waals surface area contributed by atoms with Crippen molar-refractivity contribution in [1.29, 1.82) is 0 Å². The number of carbonyl (C=O) groups is 1. The minimum Gasteiger partial charge on any atom is -0.508 e. The molecule has 5 heteroatoms. The third-order valence-corrected chi connectivity index (χ3v) is 3.09. The van der Waals surface area contributed by atoms with E-state index in [0.29, 0.717) is 17.1 Å². The number of anilines is 1. The van der Waals surface area contributed by atoms with Gasteiger partial charge >= 0.3 is 0 Å². The summed E-state index contributed by atoms with van der Waals surface area (Å²) in [6.07, 6.45) is 0.402. The van der Waals surface area contributed by atoms with Gasteiger partial charge in [-0.25, -0.2) is 0 Å². The number of amides is 1. The van der Waals surface area contributed by atoms with Gasteiger partial charge in [0.1, 0.15) is 5.75 Å². The van der Waals surface area contributed by atoms with E-state index in [0.717, 1.165) is 5.56 Å². The number of benzene rings is 2. The van der Waals surface area contributed by atoms with Crippen LogP contribution in [0.25, 0.3) is 0 Å². The molecule has 0 saturated heterocycles. The van der Waals surface area contributed by atoms with E-state index in [1.165, 1.54) is 0 Å². The maximum Gasteiger partial charge on any atom is 0.241 e. The highest BCUT2D eigenvalue weighted by Crippen LogP contribution is 2.14. The quantitative estimate of drug-likeness (QED) is 0.810. The van der Waals surface area contributed by atoms with Gasteiger partial charge in [0, 0.05) is 10.7 Å². The van der Waals surface area contributed by atoms with Gasteiger partial charge in [-0.3, -0.25) is 4.79 Å². The Labute approximate surface area is 122 Å². The van der Waals surface area contributed by atoms with Gasteiger partial charge in [0.05, 0.1) is 6.04 Å². The minimum atomic E-state index is -0.657. The zero-order valence-corrected chi connectivity index (χ0v) is 11.5. The molecule has 2 aromatic carbocycles. The van der Waals surface area contributed by atoms with Crippen LogP contribution in [0, 0.1) is 0 Å². The Bertz CT molecular complexity index is 582. The van der Waals surface area contributed by atoms with Crippen LogP contribution < -0.4 is 11.1 Å². The fourth-order valence-electron chi connectivity index (χ4n) is 1.75. The van der Waals surface area contributed by atoms with Gasteiger partial charge in [0.2, 0.25) is 5.91 Å². The average molecular weight is 291 g/mol. The van der Waals surface area contributed by atoms with Crippen molar-refractivity contribution in [2.45, 2.75) is 12.5 Å². The molecule has 20 heavy (non-hydrogen) atoms. The Morgan fingerprint density at radius 2 is 1.75 bits per heavy atom. The van der Waals surface area contributed by atoms with Crippen molar-refractivity contribution in [2.75, 3.05) is 5.32 Å². The van der Waals surface area contributed by atoms with E-state index in [2.05, 4.69) is 5.32 Å². The lowest BCUT2D eigenvalue weighted by atomic mass is 10.1. The Hall–Kier alpha value is -2.04. The summed E-state index contributed by atoms with van der Waals surface area (Å²) in [5.41, 5.74) is 7.41. The topological polar surface area (TPSA) is 75.3 Å². The molecule has 2 aromatic rings. The summed E-state index contributed by atoms with van der Waals surface area (Å²) in [5, 5.41) is 12.5. The van der Waals surface area contributed by atoms with Crippen molar-refractivity contribution in [2.24, 2.45) is 5.73 Å². The minimum absolute atomic E-state index is 0.188. The second-order valence-corrected chi connectivity index (χ2v) is 4.91. The number of hydrogen-bond acceptors (Lipinski definition) is 3. The predicted octanol–water partition coefficient (Wildman–Crippen LogP) is 2.55. The molecule has 1 atom stereocenters. The lowest BCUT2D eigenvalue weighted by Crippen LogP contribution is -2.37. The summed E-state index contributed by atoms with van der Waals surface area (Å²) in [4.78, 5) is 12.0. The van der Waals surface area contributed by atoms with Gasteiger partial charge in [0.25, 0.3) is 0 Å². The fraction of sp³-hybridized carbons (Fsp3) is 0.133. The zero-order valence-electron chi connectivity index (χ0n) is 10.7. The Balaban J connectivity index is 1.94. The standard InChI is InChI=1S/C15H15ClN2O2/c16-11-3-5-12(6-4-11)18-15(20)14(17)9-10-1-7-13(19)8-2-10/h1-8,14,19H,9,17H2,(H,18,20)/t14-/m0/s1. The Morgan fingerprint density at radius 1 is 1.15 bits per heavy atom. The first kappa shape index (κ1) is 14.4. The van der Waals surface area contributed by atoms with Crippen molar-refractivity contribution in [3.63, 3.8) is 0 Å². The maximum absolute atomic E-state index is 12.0. The Morgan fingerprint density at radius 3 is 2.35 bits per heavy atom. The highest BCUT2D eigenvalue weighted by molar-refractivity contribution is 6.30. The van der Waals surface area contributed by atoms with E-state index < -0.39 is 6.04 Å². The third kappa shape index (κ3) is 3.98. The van der Waals surface area contributed by atoms with Crippen LogP contribution in [0.5, 0.6) is 5.75 Å². The number of nitrogens with two attached hydrogens (primary N) is 1. The van der Waals surface area contributed by atoms with Crippen molar-refractivity contribution < 1.29 is 9.90 Å². The van der Waals surface area contributed by atoms with Crippen LogP contribution in [-0.4, -0.2) is 17.1 Å². The molecular weight excluding hydrogens is 276 g/mol. The third-order valence-electron chi connectivity index (χ3n) is 2.84. The molecule has 0 spiro atoms. The lowest BCUT2D eigenvalue weighted by molar-refractivity contribution is -0.117. The van der Waals surface area contributed by atoms with Gasteiger partial charge in [-0.1, -0.05) is 23.7 Å². The monoisotopic (exact) mass is 290 g/mol. The first-order valence-electron chi connectivity index (χ1n) is 6.14. The number of rotatable bonds is 4. The summed E-state index contributed by atoms with van der Waals surface area (Å²) in [6, 6.07) is 12.8. The number of carbonyl (C=O) groups excluding carboxylic acids is 1. The van der Waals surface area contributed by atoms with E-state index in [-0.39, 0.29) is 11.7 Å². The van der Waals surface area contributed by atoms with Crippen LogP contribution in [-0.2, 0) is 11.2 Å². The highest BCUT2D eigenvalue weighted by atomic mass is 35.5. The first-order chi connectivity index (χ1) is 9.54. The lowest BCUT2D eigenvalue weighted by Gasteiger charge is -2.12. The molecule has 0 aliphatic rings. The molecule has 0 heterocycles. The van der Waals surface area contributed by atoms with Crippen LogP contribution in [0.4, 0.5) is 5.69 Å². The normalized spacial score (nSPS) is 11.9. The second-order valence-electron chi connectivity index (χ2n) is 4.47. The highest BCUT2D eigenvalue weighted by Gasteiger charge is 2.14. The Kier molecular flexibility index (Phi) is 4.61. The molecule has 0 aliphatic carbocycles. The SMILES string of the molecule is N[C@@H](Cc1ccc(O)cc1)C(=O)Nc1ccc(Cl)cc1. The summed E-state index contributed by atoms with van der Waals surface area (Å²) < 4.78 is 0. The van der Waals surface area contributed by atoms with Crippen molar-refractivity contribution in [3.8, 4) is 5.75 Å². The van der Waals surface area contributed by atoms with E-state index in [1.54, 1.807) is 48.5 Å². The molecular formula is C15H15ClN2O2. The molecule has 1 amide bonds. The molecule has 0 bridgehead atoms. The molecule has 0 saturated carbocycles. The van der Waals surface area contributed by atoms with E-state index in [9.17, 15) is 9.90 Å². The van der Waals surface area contributed by atoms with Crippen molar-refractivity contribution in [3.05, 3.63) is 59.1 Å². The number of aromatic hydroxyl groups is 1. The first-order valence-corrected chi connectivity index (χ1v) is 6.52. The molecule has 0 aliphatic heterocycles. The fourth-order valence-corrected chi connectivity index (χ4v) is 1.87. The summed E-state index contributed by atoms with van der Waals surface area (Å²) in [6.45, 7) is 0. The second kappa shape index (κ2) is 6.41. The van der Waals surface area contributed by atoms with Crippen LogP contribution in [0.1, 0.15) is 5.56 Å². The maximum atomic E-state index is 12.0. The van der Waals surface area contributed by atoms with Gasteiger partial charge < -0.3 is 16.2 Å². The van der Waals surface area contributed by atoms with Crippen molar-refractivity contribution >= 4 is 23.2 Å². The van der Waals surface area contributed by atoms with E-state index in [1.807, 2.05) is 0 Å². The van der Waals surface area contributed by atoms with Crippen LogP contribution in [0.3, 0.4) is 0 Å². The summed E-state index contributed by atoms with van der Waals surface area (Å²) in [5.74, 6) is -0.0756. The molecule has 0 aromatic heterocycles. The number of phenols is 1. The molecule has 4 nitrogen and oxygen atoms in total. The predicted molar refractivity (Wildman–Crippen MR) is 79.9 cm³/mol. The molecule has 4 N–H and O–H groups in total. The van der Waals surface area contributed by atoms with Crippen LogP contribution in [0.2, 0.25) is 5.02 Å². The van der Waals surface area contributed by atoms with E-state index in [4.69, 9.17) is 17.3 Å². The smallest absolute Gasteiger partial charge is 0.241 e. The largest absolute Gasteiger partial charge is 0.508 e. The van der Waals surface area contributed by atoms with Gasteiger partial charge in [-0.2, -0.15) is 0 Å². The number of phenolic OH excluding ortho intramolecular Hbond substituents is 1. The average Bonchev–Trinajstić information content (AvgIpc) is 2.44.